The first-order valence-electron chi connectivity index (χ1n) is 6.29. The average molecular weight is 272 g/mol. The van der Waals surface area contributed by atoms with Crippen molar-refractivity contribution in [2.45, 2.75) is 0 Å². The third-order valence-electron chi connectivity index (χ3n) is 3.15. The standard InChI is InChI=1S/C15H16N2OS/c1-18-15-8-7-13(12-5-3-2-4-6-12)11-14(15)17-10-9-16-19-17/h2-8,11,16H,9-10H2,1H3. The molecule has 1 saturated heterocycles. The number of methoxy groups -OCH3 is 1. The molecule has 3 rings (SSSR count). The van der Waals surface area contributed by atoms with Crippen LogP contribution >= 0.6 is 12.1 Å². The minimum absolute atomic E-state index is 0.913. The fourth-order valence-corrected chi connectivity index (χ4v) is 2.94. The molecule has 1 aliphatic heterocycles. The SMILES string of the molecule is COc1ccc(-c2ccccc2)cc1N1CCNS1. The van der Waals surface area contributed by atoms with E-state index < -0.39 is 0 Å². The Labute approximate surface area is 117 Å². The fraction of sp³-hybridized carbons (Fsp3) is 0.200. The molecule has 1 fully saturated rings. The maximum atomic E-state index is 5.47. The van der Waals surface area contributed by atoms with Crippen LogP contribution in [0.4, 0.5) is 5.69 Å². The predicted octanol–water partition coefficient (Wildman–Crippen LogP) is 3.34. The van der Waals surface area contributed by atoms with Gasteiger partial charge in [0.15, 0.2) is 0 Å². The van der Waals surface area contributed by atoms with Gasteiger partial charge in [0.2, 0.25) is 0 Å². The van der Waals surface area contributed by atoms with Crippen LogP contribution in [0.15, 0.2) is 48.5 Å². The van der Waals surface area contributed by atoms with Crippen molar-refractivity contribution in [3.8, 4) is 16.9 Å². The van der Waals surface area contributed by atoms with Crippen LogP contribution in [-0.4, -0.2) is 20.2 Å². The van der Waals surface area contributed by atoms with Gasteiger partial charge in [-0.05, 0) is 23.3 Å². The van der Waals surface area contributed by atoms with Crippen LogP contribution in [-0.2, 0) is 0 Å². The summed E-state index contributed by atoms with van der Waals surface area (Å²) in [5, 5.41) is 0. The van der Waals surface area contributed by atoms with Crippen LogP contribution < -0.4 is 13.8 Å². The van der Waals surface area contributed by atoms with E-state index >= 15 is 0 Å². The highest BCUT2D eigenvalue weighted by molar-refractivity contribution is 7.99. The van der Waals surface area contributed by atoms with Crippen molar-refractivity contribution in [3.63, 3.8) is 0 Å². The summed E-state index contributed by atoms with van der Waals surface area (Å²) in [6, 6.07) is 16.7. The first-order valence-corrected chi connectivity index (χ1v) is 7.06. The second kappa shape index (κ2) is 5.55. The number of nitrogens with zero attached hydrogens (tertiary/aromatic N) is 1. The number of benzene rings is 2. The number of rotatable bonds is 3. The van der Waals surface area contributed by atoms with Crippen LogP contribution in [0.1, 0.15) is 0 Å². The summed E-state index contributed by atoms with van der Waals surface area (Å²) < 4.78 is 11.0. The Kier molecular flexibility index (Phi) is 3.62. The average Bonchev–Trinajstić information content (AvgIpc) is 3.01. The van der Waals surface area contributed by atoms with Gasteiger partial charge in [-0.1, -0.05) is 36.4 Å². The first-order chi connectivity index (χ1) is 9.38. The molecule has 19 heavy (non-hydrogen) atoms. The zero-order valence-corrected chi connectivity index (χ0v) is 11.6. The van der Waals surface area contributed by atoms with Crippen molar-refractivity contribution in [1.82, 2.24) is 4.72 Å². The third kappa shape index (κ3) is 2.55. The molecule has 0 spiro atoms. The van der Waals surface area contributed by atoms with Gasteiger partial charge < -0.3 is 4.74 Å². The van der Waals surface area contributed by atoms with Crippen LogP contribution in [0.25, 0.3) is 11.1 Å². The van der Waals surface area contributed by atoms with Crippen molar-refractivity contribution in [1.29, 1.82) is 0 Å². The lowest BCUT2D eigenvalue weighted by Gasteiger charge is -2.19. The number of nitrogens with one attached hydrogen (secondary N) is 1. The highest BCUT2D eigenvalue weighted by atomic mass is 32.2. The lowest BCUT2D eigenvalue weighted by atomic mass is 10.0. The van der Waals surface area contributed by atoms with E-state index in [9.17, 15) is 0 Å². The summed E-state index contributed by atoms with van der Waals surface area (Å²) in [5.41, 5.74) is 3.56. The van der Waals surface area contributed by atoms with Crippen molar-refractivity contribution < 1.29 is 4.74 Å². The Morgan fingerprint density at radius 2 is 1.95 bits per heavy atom. The molecule has 4 heteroatoms. The fourth-order valence-electron chi connectivity index (χ4n) is 2.18. The summed E-state index contributed by atoms with van der Waals surface area (Å²) in [5.74, 6) is 0.913. The van der Waals surface area contributed by atoms with E-state index in [-0.39, 0.29) is 0 Å². The molecule has 0 aliphatic carbocycles. The highest BCUT2D eigenvalue weighted by Crippen LogP contribution is 2.36. The maximum Gasteiger partial charge on any atom is 0.143 e. The zero-order chi connectivity index (χ0) is 13.1. The normalized spacial score (nSPS) is 14.7. The van der Waals surface area contributed by atoms with Gasteiger partial charge >= 0.3 is 0 Å². The van der Waals surface area contributed by atoms with Crippen LogP contribution in [0.3, 0.4) is 0 Å². The van der Waals surface area contributed by atoms with Gasteiger partial charge in [0.1, 0.15) is 5.75 Å². The van der Waals surface area contributed by atoms with Crippen LogP contribution in [0.2, 0.25) is 0 Å². The molecular weight excluding hydrogens is 256 g/mol. The predicted molar refractivity (Wildman–Crippen MR) is 81.4 cm³/mol. The molecule has 0 radical (unpaired) electrons. The molecule has 0 atom stereocenters. The number of hydrogen-bond acceptors (Lipinski definition) is 4. The summed E-state index contributed by atoms with van der Waals surface area (Å²) in [6.07, 6.45) is 0. The van der Waals surface area contributed by atoms with Gasteiger partial charge in [-0.2, -0.15) is 0 Å². The molecule has 0 amide bonds. The molecule has 2 aromatic rings. The Bertz CT molecular complexity index is 553. The van der Waals surface area contributed by atoms with Crippen molar-refractivity contribution in [3.05, 3.63) is 48.5 Å². The lowest BCUT2D eigenvalue weighted by molar-refractivity contribution is 0.416. The molecule has 1 heterocycles. The second-order valence-corrected chi connectivity index (χ2v) is 5.25. The molecule has 2 aromatic carbocycles. The van der Waals surface area contributed by atoms with Gasteiger partial charge in [-0.15, -0.1) is 0 Å². The summed E-state index contributed by atoms with van der Waals surface area (Å²) in [7, 11) is 1.72. The Morgan fingerprint density at radius 3 is 2.63 bits per heavy atom. The smallest absolute Gasteiger partial charge is 0.143 e. The van der Waals surface area contributed by atoms with E-state index in [2.05, 4.69) is 45.4 Å². The van der Waals surface area contributed by atoms with Crippen molar-refractivity contribution >= 4 is 17.8 Å². The van der Waals surface area contributed by atoms with Crippen LogP contribution in [0, 0.1) is 0 Å². The molecule has 1 N–H and O–H groups in total. The van der Waals surface area contributed by atoms with Crippen LogP contribution in [0.5, 0.6) is 5.75 Å². The molecule has 0 aromatic heterocycles. The Morgan fingerprint density at radius 1 is 1.11 bits per heavy atom. The summed E-state index contributed by atoms with van der Waals surface area (Å²) in [6.45, 7) is 1.97. The highest BCUT2D eigenvalue weighted by Gasteiger charge is 2.18. The van der Waals surface area contributed by atoms with E-state index in [1.807, 2.05) is 12.1 Å². The Hall–Kier alpha value is -1.65. The monoisotopic (exact) mass is 272 g/mol. The third-order valence-corrected chi connectivity index (χ3v) is 4.08. The number of ether oxygens (including phenoxy) is 1. The second-order valence-electron chi connectivity index (χ2n) is 4.34. The van der Waals surface area contributed by atoms with E-state index in [1.165, 1.54) is 11.1 Å². The molecule has 0 bridgehead atoms. The minimum Gasteiger partial charge on any atom is -0.495 e. The molecule has 0 unspecified atom stereocenters. The zero-order valence-electron chi connectivity index (χ0n) is 10.8. The first kappa shape index (κ1) is 12.4. The summed E-state index contributed by atoms with van der Waals surface area (Å²) >= 11 is 1.63. The van der Waals surface area contributed by atoms with Gasteiger partial charge in [0.25, 0.3) is 0 Å². The van der Waals surface area contributed by atoms with Gasteiger partial charge in [-0.3, -0.25) is 4.31 Å². The summed E-state index contributed by atoms with van der Waals surface area (Å²) in [4.78, 5) is 0. The van der Waals surface area contributed by atoms with E-state index in [0.717, 1.165) is 24.5 Å². The molecule has 3 nitrogen and oxygen atoms in total. The minimum atomic E-state index is 0.913. The number of hydrogen-bond donors (Lipinski definition) is 1. The van der Waals surface area contributed by atoms with E-state index in [1.54, 1.807) is 19.2 Å². The maximum absolute atomic E-state index is 5.47. The lowest BCUT2D eigenvalue weighted by Crippen LogP contribution is -2.11. The van der Waals surface area contributed by atoms with Crippen molar-refractivity contribution in [2.24, 2.45) is 0 Å². The van der Waals surface area contributed by atoms with Crippen molar-refractivity contribution in [2.75, 3.05) is 24.5 Å². The number of anilines is 1. The van der Waals surface area contributed by atoms with Gasteiger partial charge in [0.05, 0.1) is 12.8 Å². The van der Waals surface area contributed by atoms with Gasteiger partial charge in [0, 0.05) is 25.2 Å². The topological polar surface area (TPSA) is 24.5 Å². The molecule has 98 valence electrons. The van der Waals surface area contributed by atoms with E-state index in [0.29, 0.717) is 0 Å². The van der Waals surface area contributed by atoms with E-state index in [4.69, 9.17) is 4.74 Å². The largest absolute Gasteiger partial charge is 0.495 e. The quantitative estimate of drug-likeness (QED) is 0.866. The van der Waals surface area contributed by atoms with Gasteiger partial charge in [-0.25, -0.2) is 4.72 Å². The Balaban J connectivity index is 2.01. The molecule has 0 saturated carbocycles. The molecular formula is C15H16N2OS. The molecule has 1 aliphatic rings.